The molecule has 106 valence electrons. The van der Waals surface area contributed by atoms with Gasteiger partial charge in [0.2, 0.25) is 5.91 Å². The molecule has 0 saturated carbocycles. The third-order valence-electron chi connectivity index (χ3n) is 2.58. The number of nitrogens with two attached hydrogens (primary N) is 1. The lowest BCUT2D eigenvalue weighted by Gasteiger charge is -2.03. The van der Waals surface area contributed by atoms with Crippen LogP contribution in [0.2, 0.25) is 5.02 Å². The Morgan fingerprint density at radius 2 is 2.30 bits per heavy atom. The van der Waals surface area contributed by atoms with E-state index in [0.717, 1.165) is 0 Å². The largest absolute Gasteiger partial charge is 0.349 e. The first-order valence-electron chi connectivity index (χ1n) is 5.88. The summed E-state index contributed by atoms with van der Waals surface area (Å²) >= 11 is 5.82. The summed E-state index contributed by atoms with van der Waals surface area (Å²) in [6.45, 7) is 0.361. The number of carbonyl (C=O) groups is 1. The molecule has 0 spiro atoms. The number of amides is 1. The van der Waals surface area contributed by atoms with Gasteiger partial charge in [0, 0.05) is 10.6 Å². The monoisotopic (exact) mass is 297 g/mol. The predicted octanol–water partition coefficient (Wildman–Crippen LogP) is 0.694. The number of rotatable bonds is 5. The summed E-state index contributed by atoms with van der Waals surface area (Å²) in [6, 6.07) is 4.32. The summed E-state index contributed by atoms with van der Waals surface area (Å²) in [5.74, 6) is -0.636. The lowest BCUT2D eigenvalue weighted by Crippen LogP contribution is -2.29. The van der Waals surface area contributed by atoms with Crippen molar-refractivity contribution in [3.8, 4) is 0 Å². The van der Waals surface area contributed by atoms with Crippen molar-refractivity contribution in [3.05, 3.63) is 46.5 Å². The highest BCUT2D eigenvalue weighted by Gasteiger charge is 2.07. The van der Waals surface area contributed by atoms with Gasteiger partial charge in [-0.2, -0.15) is 0 Å². The van der Waals surface area contributed by atoms with Gasteiger partial charge in [0.05, 0.1) is 25.8 Å². The van der Waals surface area contributed by atoms with Crippen molar-refractivity contribution in [2.75, 3.05) is 6.54 Å². The van der Waals surface area contributed by atoms with E-state index in [9.17, 15) is 9.18 Å². The molecule has 20 heavy (non-hydrogen) atoms. The summed E-state index contributed by atoms with van der Waals surface area (Å²) < 4.78 is 15.0. The van der Waals surface area contributed by atoms with Gasteiger partial charge in [0.1, 0.15) is 11.5 Å². The number of halogens is 2. The Labute approximate surface area is 119 Å². The normalized spacial score (nSPS) is 10.6. The average molecular weight is 298 g/mol. The first-order chi connectivity index (χ1) is 9.58. The zero-order valence-corrected chi connectivity index (χ0v) is 11.3. The van der Waals surface area contributed by atoms with E-state index in [1.54, 1.807) is 6.20 Å². The summed E-state index contributed by atoms with van der Waals surface area (Å²) in [7, 11) is 0. The molecule has 3 N–H and O–H groups in total. The van der Waals surface area contributed by atoms with Gasteiger partial charge in [-0.1, -0.05) is 16.8 Å². The van der Waals surface area contributed by atoms with Gasteiger partial charge in [-0.05, 0) is 18.2 Å². The molecule has 0 fully saturated rings. The Balaban J connectivity index is 2.02. The third kappa shape index (κ3) is 3.75. The zero-order chi connectivity index (χ0) is 14.5. The zero-order valence-electron chi connectivity index (χ0n) is 10.5. The minimum Gasteiger partial charge on any atom is -0.349 e. The molecule has 0 aliphatic heterocycles. The van der Waals surface area contributed by atoms with Crippen LogP contribution in [0, 0.1) is 5.82 Å². The smallest absolute Gasteiger partial charge is 0.234 e. The molecule has 0 aliphatic carbocycles. The van der Waals surface area contributed by atoms with Crippen molar-refractivity contribution in [2.45, 2.75) is 13.1 Å². The second-order valence-corrected chi connectivity index (χ2v) is 4.56. The van der Waals surface area contributed by atoms with Gasteiger partial charge < -0.3 is 11.1 Å². The van der Waals surface area contributed by atoms with Gasteiger partial charge in [0.25, 0.3) is 0 Å². The second-order valence-electron chi connectivity index (χ2n) is 4.12. The van der Waals surface area contributed by atoms with Crippen molar-refractivity contribution in [2.24, 2.45) is 5.73 Å². The minimum absolute atomic E-state index is 0.0815. The summed E-state index contributed by atoms with van der Waals surface area (Å²) in [5.41, 5.74) is 6.15. The van der Waals surface area contributed by atoms with E-state index in [2.05, 4.69) is 15.6 Å². The van der Waals surface area contributed by atoms with Crippen LogP contribution in [0.5, 0.6) is 0 Å². The van der Waals surface area contributed by atoms with Crippen LogP contribution in [0.15, 0.2) is 24.4 Å². The molecule has 1 amide bonds. The molecular weight excluding hydrogens is 285 g/mol. The molecule has 0 aliphatic rings. The lowest BCUT2D eigenvalue weighted by atomic mass is 10.2. The van der Waals surface area contributed by atoms with Crippen LogP contribution in [0.4, 0.5) is 4.39 Å². The fourth-order valence-electron chi connectivity index (χ4n) is 1.60. The van der Waals surface area contributed by atoms with E-state index in [1.165, 1.54) is 22.9 Å². The van der Waals surface area contributed by atoms with Crippen LogP contribution in [0.3, 0.4) is 0 Å². The summed E-state index contributed by atoms with van der Waals surface area (Å²) in [6.07, 6.45) is 1.62. The van der Waals surface area contributed by atoms with Gasteiger partial charge in [0.15, 0.2) is 0 Å². The molecule has 2 rings (SSSR count). The van der Waals surface area contributed by atoms with Crippen molar-refractivity contribution in [1.29, 1.82) is 0 Å². The Kier molecular flexibility index (Phi) is 4.65. The molecule has 1 heterocycles. The second kappa shape index (κ2) is 6.44. The van der Waals surface area contributed by atoms with E-state index >= 15 is 0 Å². The highest BCUT2D eigenvalue weighted by atomic mass is 35.5. The number of hydrogen-bond donors (Lipinski definition) is 2. The lowest BCUT2D eigenvalue weighted by molar-refractivity contribution is -0.119. The Morgan fingerprint density at radius 1 is 1.50 bits per heavy atom. The first-order valence-corrected chi connectivity index (χ1v) is 6.26. The van der Waals surface area contributed by atoms with Crippen LogP contribution >= 0.6 is 11.6 Å². The molecule has 0 saturated heterocycles. The van der Waals surface area contributed by atoms with Crippen LogP contribution in [-0.4, -0.2) is 27.4 Å². The molecule has 1 aromatic carbocycles. The van der Waals surface area contributed by atoms with E-state index in [0.29, 0.717) is 16.3 Å². The summed E-state index contributed by atoms with van der Waals surface area (Å²) in [4.78, 5) is 11.0. The van der Waals surface area contributed by atoms with E-state index in [-0.39, 0.29) is 31.4 Å². The molecule has 1 aromatic heterocycles. The Morgan fingerprint density at radius 3 is 3.05 bits per heavy atom. The highest BCUT2D eigenvalue weighted by Crippen LogP contribution is 2.15. The topological polar surface area (TPSA) is 85.8 Å². The van der Waals surface area contributed by atoms with Crippen LogP contribution in [0.25, 0.3) is 0 Å². The quantitative estimate of drug-likeness (QED) is 0.850. The molecule has 0 unspecified atom stereocenters. The first kappa shape index (κ1) is 14.4. The Hall–Kier alpha value is -1.99. The maximum Gasteiger partial charge on any atom is 0.234 e. The number of benzene rings is 1. The van der Waals surface area contributed by atoms with Crippen molar-refractivity contribution < 1.29 is 9.18 Å². The molecular formula is C12H13ClFN5O. The van der Waals surface area contributed by atoms with Crippen LogP contribution in [-0.2, 0) is 17.9 Å². The molecule has 0 atom stereocenters. The molecule has 0 bridgehead atoms. The SMILES string of the molecule is NCC(=O)NCc1cn(Cc2cc(Cl)ccc2F)nn1. The third-order valence-corrected chi connectivity index (χ3v) is 2.81. The number of hydrogen-bond acceptors (Lipinski definition) is 4. The predicted molar refractivity (Wildman–Crippen MR) is 71.4 cm³/mol. The fourth-order valence-corrected chi connectivity index (χ4v) is 1.79. The molecule has 8 heteroatoms. The number of nitrogens with one attached hydrogen (secondary N) is 1. The van der Waals surface area contributed by atoms with Crippen molar-refractivity contribution in [1.82, 2.24) is 20.3 Å². The van der Waals surface area contributed by atoms with Gasteiger partial charge in [-0.3, -0.25) is 4.79 Å². The Bertz CT molecular complexity index is 616. The average Bonchev–Trinajstić information content (AvgIpc) is 2.88. The van der Waals surface area contributed by atoms with Crippen LogP contribution < -0.4 is 11.1 Å². The maximum absolute atomic E-state index is 13.6. The standard InChI is InChI=1S/C12H13ClFN5O/c13-9-1-2-11(14)8(3-9)6-19-7-10(17-18-19)5-16-12(20)4-15/h1-3,7H,4-6,15H2,(H,16,20). The fraction of sp³-hybridized carbons (Fsp3) is 0.250. The van der Waals surface area contributed by atoms with E-state index in [1.807, 2.05) is 0 Å². The van der Waals surface area contributed by atoms with Crippen LogP contribution in [0.1, 0.15) is 11.3 Å². The molecule has 2 aromatic rings. The number of carbonyl (C=O) groups excluding carboxylic acids is 1. The molecule has 6 nitrogen and oxygen atoms in total. The van der Waals surface area contributed by atoms with Gasteiger partial charge >= 0.3 is 0 Å². The maximum atomic E-state index is 13.6. The van der Waals surface area contributed by atoms with E-state index in [4.69, 9.17) is 17.3 Å². The minimum atomic E-state index is -0.358. The summed E-state index contributed by atoms with van der Waals surface area (Å²) in [5, 5.41) is 10.8. The highest BCUT2D eigenvalue weighted by molar-refractivity contribution is 6.30. The van der Waals surface area contributed by atoms with Gasteiger partial charge in [-0.25, -0.2) is 9.07 Å². The van der Waals surface area contributed by atoms with Crippen molar-refractivity contribution >= 4 is 17.5 Å². The van der Waals surface area contributed by atoms with Gasteiger partial charge in [-0.15, -0.1) is 5.10 Å². The van der Waals surface area contributed by atoms with E-state index < -0.39 is 0 Å². The molecule has 0 radical (unpaired) electrons. The number of nitrogens with zero attached hydrogens (tertiary/aromatic N) is 3. The number of aromatic nitrogens is 3. The van der Waals surface area contributed by atoms with Crippen molar-refractivity contribution in [3.63, 3.8) is 0 Å².